The quantitative estimate of drug-likeness (QED) is 0.823. The molecule has 0 aromatic carbocycles. The molecule has 2 rings (SSSR count). The van der Waals surface area contributed by atoms with Gasteiger partial charge in [-0.25, -0.2) is 18.4 Å². The Morgan fingerprint density at radius 1 is 1.53 bits per heavy atom. The second-order valence-electron chi connectivity index (χ2n) is 4.66. The highest BCUT2D eigenvalue weighted by atomic mass is 32.2. The molecule has 1 saturated heterocycles. The summed E-state index contributed by atoms with van der Waals surface area (Å²) in [5, 5.41) is 0. The van der Waals surface area contributed by atoms with Crippen LogP contribution >= 0.6 is 0 Å². The van der Waals surface area contributed by atoms with Gasteiger partial charge in [0.1, 0.15) is 18.2 Å². The Kier molecular flexibility index (Phi) is 3.91. The summed E-state index contributed by atoms with van der Waals surface area (Å²) in [4.78, 5) is 10.4. The van der Waals surface area contributed by atoms with Gasteiger partial charge in [-0.15, -0.1) is 0 Å². The van der Waals surface area contributed by atoms with Crippen molar-refractivity contribution in [2.75, 3.05) is 35.8 Å². The highest BCUT2D eigenvalue weighted by molar-refractivity contribution is 7.91. The third-order valence-corrected chi connectivity index (χ3v) is 4.81. The largest absolute Gasteiger partial charge is 0.384 e. The molecule has 2 N–H and O–H groups in total. The number of methoxy groups -OCH3 is 1. The first-order chi connectivity index (χ1) is 8.91. The van der Waals surface area contributed by atoms with Crippen molar-refractivity contribution in [2.24, 2.45) is 0 Å². The summed E-state index contributed by atoms with van der Waals surface area (Å²) in [5.41, 5.74) is 5.74. The molecule has 1 atom stereocenters. The van der Waals surface area contributed by atoms with Crippen LogP contribution in [0.15, 0.2) is 6.07 Å². The molecule has 1 aromatic heterocycles. The molecule has 1 aliphatic heterocycles. The first-order valence-electron chi connectivity index (χ1n) is 6.01. The van der Waals surface area contributed by atoms with Crippen LogP contribution in [0.5, 0.6) is 0 Å². The predicted octanol–water partition coefficient (Wildman–Crippen LogP) is -0.171. The number of nitrogens with two attached hydrogens (primary N) is 1. The number of nitrogen functional groups attached to an aromatic ring is 1. The second kappa shape index (κ2) is 5.30. The summed E-state index contributed by atoms with van der Waals surface area (Å²) in [7, 11) is -1.39. The molecule has 0 bridgehead atoms. The fraction of sp³-hybridized carbons (Fsp3) is 0.636. The van der Waals surface area contributed by atoms with Crippen molar-refractivity contribution in [1.82, 2.24) is 9.97 Å². The average molecular weight is 286 g/mol. The molecule has 0 saturated carbocycles. The van der Waals surface area contributed by atoms with Crippen LogP contribution in [0.4, 0.5) is 11.6 Å². The molecule has 1 unspecified atom stereocenters. The summed E-state index contributed by atoms with van der Waals surface area (Å²) >= 11 is 0. The molecular formula is C11H18N4O3S. The summed E-state index contributed by atoms with van der Waals surface area (Å²) < 4.78 is 28.1. The third-order valence-electron chi connectivity index (χ3n) is 3.02. The summed E-state index contributed by atoms with van der Waals surface area (Å²) in [6.07, 6.45) is 0. The predicted molar refractivity (Wildman–Crippen MR) is 72.6 cm³/mol. The Morgan fingerprint density at radius 2 is 2.26 bits per heavy atom. The summed E-state index contributed by atoms with van der Waals surface area (Å²) in [5.74, 6) is 1.79. The molecule has 0 aliphatic carbocycles. The molecule has 106 valence electrons. The first-order valence-corrected chi connectivity index (χ1v) is 7.83. The maximum atomic E-state index is 11.6. The second-order valence-corrected chi connectivity index (χ2v) is 6.89. The van der Waals surface area contributed by atoms with Crippen LogP contribution in [0.25, 0.3) is 0 Å². The lowest BCUT2D eigenvalue weighted by atomic mass is 10.3. The van der Waals surface area contributed by atoms with Crippen LogP contribution in [0.1, 0.15) is 12.7 Å². The number of nitrogens with zero attached hydrogens (tertiary/aromatic N) is 3. The van der Waals surface area contributed by atoms with E-state index in [1.807, 2.05) is 11.8 Å². The molecule has 19 heavy (non-hydrogen) atoms. The van der Waals surface area contributed by atoms with Crippen LogP contribution in [0.3, 0.4) is 0 Å². The molecule has 1 fully saturated rings. The van der Waals surface area contributed by atoms with Gasteiger partial charge in [0.05, 0.1) is 11.5 Å². The van der Waals surface area contributed by atoms with Gasteiger partial charge in [0.15, 0.2) is 15.7 Å². The van der Waals surface area contributed by atoms with Crippen LogP contribution < -0.4 is 10.6 Å². The standard InChI is InChI=1S/C11H18N4O3S/c1-8-7-19(16,17)4-3-15(8)11-5-9(12)13-10(14-11)6-18-2/h5,8H,3-4,6-7H2,1-2H3,(H2,12,13,14). The van der Waals surface area contributed by atoms with Crippen molar-refractivity contribution >= 4 is 21.5 Å². The van der Waals surface area contributed by atoms with E-state index in [1.165, 1.54) is 0 Å². The van der Waals surface area contributed by atoms with Crippen molar-refractivity contribution in [3.05, 3.63) is 11.9 Å². The Labute approximate surface area is 112 Å². The van der Waals surface area contributed by atoms with Gasteiger partial charge < -0.3 is 15.4 Å². The number of hydrogen-bond acceptors (Lipinski definition) is 7. The van der Waals surface area contributed by atoms with E-state index in [0.717, 1.165) is 0 Å². The van der Waals surface area contributed by atoms with Crippen molar-refractivity contribution in [2.45, 2.75) is 19.6 Å². The van der Waals surface area contributed by atoms with E-state index >= 15 is 0 Å². The fourth-order valence-electron chi connectivity index (χ4n) is 2.18. The van der Waals surface area contributed by atoms with Crippen LogP contribution in [0.2, 0.25) is 0 Å². The number of ether oxygens (including phenoxy) is 1. The Morgan fingerprint density at radius 3 is 2.89 bits per heavy atom. The molecule has 7 nitrogen and oxygen atoms in total. The number of hydrogen-bond donors (Lipinski definition) is 1. The van der Waals surface area contributed by atoms with Gasteiger partial charge in [-0.1, -0.05) is 0 Å². The van der Waals surface area contributed by atoms with Crippen LogP contribution in [-0.4, -0.2) is 49.6 Å². The fourth-order valence-corrected chi connectivity index (χ4v) is 3.74. The zero-order chi connectivity index (χ0) is 14.0. The molecule has 1 aliphatic rings. The number of sulfone groups is 1. The van der Waals surface area contributed by atoms with Crippen LogP contribution in [-0.2, 0) is 21.2 Å². The lowest BCUT2D eigenvalue weighted by Gasteiger charge is -2.34. The zero-order valence-electron chi connectivity index (χ0n) is 11.0. The van der Waals surface area contributed by atoms with Gasteiger partial charge in [0.2, 0.25) is 0 Å². The van der Waals surface area contributed by atoms with E-state index in [4.69, 9.17) is 10.5 Å². The van der Waals surface area contributed by atoms with Crippen molar-refractivity contribution in [3.8, 4) is 0 Å². The van der Waals surface area contributed by atoms with E-state index in [9.17, 15) is 8.42 Å². The number of aromatic nitrogens is 2. The van der Waals surface area contributed by atoms with Gasteiger partial charge in [0.25, 0.3) is 0 Å². The van der Waals surface area contributed by atoms with Gasteiger partial charge in [0, 0.05) is 25.8 Å². The van der Waals surface area contributed by atoms with Crippen LogP contribution in [0, 0.1) is 0 Å². The summed E-state index contributed by atoms with van der Waals surface area (Å²) in [6, 6.07) is 1.54. The molecule has 0 radical (unpaired) electrons. The van der Waals surface area contributed by atoms with E-state index < -0.39 is 9.84 Å². The van der Waals surface area contributed by atoms with Crippen molar-refractivity contribution in [3.63, 3.8) is 0 Å². The number of anilines is 2. The molecule has 2 heterocycles. The maximum Gasteiger partial charge on any atom is 0.158 e. The molecule has 8 heteroatoms. The Balaban J connectivity index is 2.26. The van der Waals surface area contributed by atoms with E-state index in [0.29, 0.717) is 24.0 Å². The average Bonchev–Trinajstić information content (AvgIpc) is 2.27. The topological polar surface area (TPSA) is 98.4 Å². The van der Waals surface area contributed by atoms with Gasteiger partial charge in [-0.05, 0) is 6.92 Å². The van der Waals surface area contributed by atoms with E-state index in [2.05, 4.69) is 9.97 Å². The van der Waals surface area contributed by atoms with Crippen molar-refractivity contribution < 1.29 is 13.2 Å². The normalized spacial score (nSPS) is 22.4. The van der Waals surface area contributed by atoms with E-state index in [1.54, 1.807) is 13.2 Å². The third kappa shape index (κ3) is 3.32. The lowest BCUT2D eigenvalue weighted by molar-refractivity contribution is 0.178. The zero-order valence-corrected chi connectivity index (χ0v) is 11.9. The SMILES string of the molecule is COCc1nc(N)cc(N2CCS(=O)(=O)CC2C)n1. The lowest BCUT2D eigenvalue weighted by Crippen LogP contribution is -2.47. The Hall–Kier alpha value is -1.41. The monoisotopic (exact) mass is 286 g/mol. The highest BCUT2D eigenvalue weighted by Crippen LogP contribution is 2.21. The summed E-state index contributed by atoms with van der Waals surface area (Å²) in [6.45, 7) is 2.57. The molecule has 1 aromatic rings. The van der Waals surface area contributed by atoms with Gasteiger partial charge in [-0.2, -0.15) is 0 Å². The first kappa shape index (κ1) is 14.0. The number of rotatable bonds is 3. The minimum Gasteiger partial charge on any atom is -0.384 e. The van der Waals surface area contributed by atoms with Gasteiger partial charge in [-0.3, -0.25) is 0 Å². The molecule has 0 spiro atoms. The Bertz CT molecular complexity index is 561. The smallest absolute Gasteiger partial charge is 0.158 e. The minimum absolute atomic E-state index is 0.122. The molecule has 0 amide bonds. The molecular weight excluding hydrogens is 268 g/mol. The maximum absolute atomic E-state index is 11.6. The minimum atomic E-state index is -2.94. The van der Waals surface area contributed by atoms with Gasteiger partial charge >= 0.3 is 0 Å². The van der Waals surface area contributed by atoms with Crippen molar-refractivity contribution in [1.29, 1.82) is 0 Å². The highest BCUT2D eigenvalue weighted by Gasteiger charge is 2.29. The van der Waals surface area contributed by atoms with E-state index in [-0.39, 0.29) is 24.2 Å².